The zero-order chi connectivity index (χ0) is 19.0. The van der Waals surface area contributed by atoms with Crippen molar-refractivity contribution in [1.29, 1.82) is 0 Å². The molecule has 25 heavy (non-hydrogen) atoms. The molecule has 0 bridgehead atoms. The van der Waals surface area contributed by atoms with Gasteiger partial charge in [0.25, 0.3) is 0 Å². The largest absolute Gasteiger partial charge is 0.357 e. The number of aryl methyl sites for hydroxylation is 1. The van der Waals surface area contributed by atoms with Crippen LogP contribution in [0.2, 0.25) is 0 Å². The lowest BCUT2D eigenvalue weighted by Gasteiger charge is -2.22. The second-order valence-corrected chi connectivity index (χ2v) is 7.28. The summed E-state index contributed by atoms with van der Waals surface area (Å²) >= 11 is 0. The van der Waals surface area contributed by atoms with Gasteiger partial charge in [0.1, 0.15) is 0 Å². The number of hydrogen-bond donors (Lipinski definition) is 2. The molecule has 1 unspecified atom stereocenters. The summed E-state index contributed by atoms with van der Waals surface area (Å²) in [4.78, 5) is 23.5. The molecule has 2 aliphatic rings. The lowest BCUT2D eigenvalue weighted by Crippen LogP contribution is -2.35. The Bertz CT molecular complexity index is 567. The average molecular weight is 348 g/mol. The van der Waals surface area contributed by atoms with Gasteiger partial charge in [-0.15, -0.1) is 0 Å². The van der Waals surface area contributed by atoms with Crippen molar-refractivity contribution in [3.05, 3.63) is 29.3 Å². The predicted molar refractivity (Wildman–Crippen MR) is 104 cm³/mol. The van der Waals surface area contributed by atoms with Crippen molar-refractivity contribution >= 4 is 18.0 Å². The first-order valence-electron chi connectivity index (χ1n) is 9.16. The number of nitrogens with one attached hydrogen (secondary N) is 1. The molecule has 3 rings (SSSR count). The first-order valence-corrected chi connectivity index (χ1v) is 9.16. The number of carbonyl (C=O) groups is 2. The van der Waals surface area contributed by atoms with Gasteiger partial charge in [0.2, 0.25) is 12.3 Å². The van der Waals surface area contributed by atoms with Crippen LogP contribution in [0.15, 0.2) is 18.2 Å². The van der Waals surface area contributed by atoms with Gasteiger partial charge in [-0.05, 0) is 57.2 Å². The Morgan fingerprint density at radius 2 is 1.80 bits per heavy atom. The highest BCUT2D eigenvalue weighted by atomic mass is 16.2. The SMILES string of the molecule is CC(C)N.CC(C)NC=O.CC1Cc2cccc3c2N1C(=O)CCC3. The lowest BCUT2D eigenvalue weighted by molar-refractivity contribution is -0.118. The van der Waals surface area contributed by atoms with E-state index in [1.165, 1.54) is 16.8 Å². The van der Waals surface area contributed by atoms with E-state index in [1.54, 1.807) is 0 Å². The van der Waals surface area contributed by atoms with E-state index in [0.717, 1.165) is 19.3 Å². The number of rotatable bonds is 2. The number of para-hydroxylation sites is 1. The predicted octanol–water partition coefficient (Wildman–Crippen LogP) is 2.79. The van der Waals surface area contributed by atoms with E-state index in [9.17, 15) is 9.59 Å². The van der Waals surface area contributed by atoms with Crippen molar-refractivity contribution in [2.45, 2.75) is 78.4 Å². The molecule has 0 saturated heterocycles. The molecule has 0 aliphatic carbocycles. The van der Waals surface area contributed by atoms with Gasteiger partial charge in [-0.25, -0.2) is 0 Å². The van der Waals surface area contributed by atoms with Gasteiger partial charge in [0.15, 0.2) is 0 Å². The fourth-order valence-electron chi connectivity index (χ4n) is 3.01. The van der Waals surface area contributed by atoms with Gasteiger partial charge >= 0.3 is 0 Å². The number of anilines is 1. The van der Waals surface area contributed by atoms with Gasteiger partial charge in [-0.2, -0.15) is 0 Å². The van der Waals surface area contributed by atoms with Crippen LogP contribution in [0.5, 0.6) is 0 Å². The van der Waals surface area contributed by atoms with Crippen molar-refractivity contribution in [3.63, 3.8) is 0 Å². The summed E-state index contributed by atoms with van der Waals surface area (Å²) < 4.78 is 0. The molecule has 1 aromatic carbocycles. The Morgan fingerprint density at radius 1 is 1.20 bits per heavy atom. The van der Waals surface area contributed by atoms with E-state index in [0.29, 0.717) is 30.8 Å². The van der Waals surface area contributed by atoms with Gasteiger partial charge in [0.05, 0.1) is 5.69 Å². The molecule has 140 valence electrons. The third kappa shape index (κ3) is 6.50. The molecule has 2 heterocycles. The standard InChI is InChI=1S/C13H15NO.C4H9NO.C3H9N/c1-9-8-11-6-2-4-10-5-3-7-12(15)14(9)13(10)11;1-4(2)5-3-6;1-3(2)4/h2,4,6,9H,3,5,7-8H2,1H3;3-4H,1-2H3,(H,5,6);3H,4H2,1-2H3. The summed E-state index contributed by atoms with van der Waals surface area (Å²) in [6, 6.07) is 7.42. The van der Waals surface area contributed by atoms with Crippen molar-refractivity contribution in [1.82, 2.24) is 5.32 Å². The highest BCUT2D eigenvalue weighted by molar-refractivity contribution is 5.97. The molecular weight excluding hydrogens is 314 g/mol. The van der Waals surface area contributed by atoms with E-state index in [1.807, 2.05) is 32.6 Å². The minimum Gasteiger partial charge on any atom is -0.357 e. The van der Waals surface area contributed by atoms with Crippen LogP contribution in [0.25, 0.3) is 0 Å². The van der Waals surface area contributed by atoms with Crippen LogP contribution in [0.1, 0.15) is 58.6 Å². The Balaban J connectivity index is 0.000000263. The van der Waals surface area contributed by atoms with Crippen LogP contribution >= 0.6 is 0 Å². The fraction of sp³-hybridized carbons (Fsp3) is 0.600. The molecule has 1 aromatic rings. The molecular formula is C20H33N3O2. The Hall–Kier alpha value is -1.88. The topological polar surface area (TPSA) is 75.4 Å². The quantitative estimate of drug-likeness (QED) is 0.808. The van der Waals surface area contributed by atoms with E-state index in [2.05, 4.69) is 30.4 Å². The Labute approximate surface area is 152 Å². The third-order valence-electron chi connectivity index (χ3n) is 3.91. The maximum atomic E-state index is 12.0. The Kier molecular flexibility index (Phi) is 8.62. The number of carbonyl (C=O) groups excluding carboxylic acids is 2. The van der Waals surface area contributed by atoms with Gasteiger partial charge in [-0.1, -0.05) is 32.0 Å². The number of amides is 2. The summed E-state index contributed by atoms with van der Waals surface area (Å²) in [7, 11) is 0. The highest BCUT2D eigenvalue weighted by Gasteiger charge is 2.33. The molecule has 5 nitrogen and oxygen atoms in total. The molecule has 0 spiro atoms. The van der Waals surface area contributed by atoms with E-state index in [-0.39, 0.29) is 6.04 Å². The first-order chi connectivity index (χ1) is 11.8. The molecule has 5 heteroatoms. The van der Waals surface area contributed by atoms with Crippen molar-refractivity contribution < 1.29 is 9.59 Å². The molecule has 0 saturated carbocycles. The molecule has 0 aromatic heterocycles. The number of nitrogens with zero attached hydrogens (tertiary/aromatic N) is 1. The van der Waals surface area contributed by atoms with Gasteiger partial charge in [-0.3, -0.25) is 9.59 Å². The molecule has 0 fully saturated rings. The van der Waals surface area contributed by atoms with Crippen LogP contribution in [-0.2, 0) is 22.4 Å². The summed E-state index contributed by atoms with van der Waals surface area (Å²) in [5.41, 5.74) is 9.06. The van der Waals surface area contributed by atoms with Crippen LogP contribution in [-0.4, -0.2) is 30.4 Å². The third-order valence-corrected chi connectivity index (χ3v) is 3.91. The van der Waals surface area contributed by atoms with Crippen molar-refractivity contribution in [2.24, 2.45) is 5.73 Å². The smallest absolute Gasteiger partial charge is 0.227 e. The summed E-state index contributed by atoms with van der Waals surface area (Å²) in [6.45, 7) is 9.86. The summed E-state index contributed by atoms with van der Waals surface area (Å²) in [6.07, 6.45) is 4.48. The lowest BCUT2D eigenvalue weighted by atomic mass is 10.0. The Morgan fingerprint density at radius 3 is 2.32 bits per heavy atom. The molecule has 0 radical (unpaired) electrons. The highest BCUT2D eigenvalue weighted by Crippen LogP contribution is 2.38. The second-order valence-electron chi connectivity index (χ2n) is 7.28. The minimum absolute atomic E-state index is 0.280. The van der Waals surface area contributed by atoms with Crippen LogP contribution in [0, 0.1) is 0 Å². The zero-order valence-corrected chi connectivity index (χ0v) is 16.2. The summed E-state index contributed by atoms with van der Waals surface area (Å²) in [5.74, 6) is 0.311. The van der Waals surface area contributed by atoms with Crippen molar-refractivity contribution in [3.8, 4) is 0 Å². The van der Waals surface area contributed by atoms with Crippen LogP contribution in [0.3, 0.4) is 0 Å². The monoisotopic (exact) mass is 347 g/mol. The number of benzene rings is 1. The normalized spacial score (nSPS) is 17.8. The molecule has 3 N–H and O–H groups in total. The van der Waals surface area contributed by atoms with E-state index < -0.39 is 0 Å². The average Bonchev–Trinajstić information content (AvgIpc) is 2.73. The zero-order valence-electron chi connectivity index (χ0n) is 16.2. The fourth-order valence-corrected chi connectivity index (χ4v) is 3.01. The maximum Gasteiger partial charge on any atom is 0.227 e. The molecule has 1 atom stereocenters. The van der Waals surface area contributed by atoms with Gasteiger partial charge < -0.3 is 16.0 Å². The number of nitrogens with two attached hydrogens (primary N) is 1. The minimum atomic E-state index is 0.280. The van der Waals surface area contributed by atoms with Gasteiger partial charge in [0, 0.05) is 18.5 Å². The van der Waals surface area contributed by atoms with E-state index in [4.69, 9.17) is 5.73 Å². The van der Waals surface area contributed by atoms with E-state index >= 15 is 0 Å². The van der Waals surface area contributed by atoms with Crippen LogP contribution in [0.4, 0.5) is 5.69 Å². The number of hydrogen-bond acceptors (Lipinski definition) is 3. The first kappa shape index (κ1) is 21.2. The summed E-state index contributed by atoms with van der Waals surface area (Å²) in [5, 5.41) is 2.53. The second kappa shape index (κ2) is 10.2. The molecule has 2 aliphatic heterocycles. The van der Waals surface area contributed by atoms with Crippen LogP contribution < -0.4 is 16.0 Å². The van der Waals surface area contributed by atoms with Crippen molar-refractivity contribution in [2.75, 3.05) is 4.90 Å². The molecule has 2 amide bonds. The maximum absolute atomic E-state index is 12.0.